The van der Waals surface area contributed by atoms with Crippen LogP contribution in [0.25, 0.3) is 0 Å². The minimum absolute atomic E-state index is 0.0162. The van der Waals surface area contributed by atoms with E-state index in [2.05, 4.69) is 0 Å². The van der Waals surface area contributed by atoms with Gasteiger partial charge in [-0.05, 0) is 18.9 Å². The van der Waals surface area contributed by atoms with E-state index in [1.807, 2.05) is 36.1 Å². The summed E-state index contributed by atoms with van der Waals surface area (Å²) in [5.74, 6) is 0.460. The molecular weight excluding hydrogens is 240 g/mol. The summed E-state index contributed by atoms with van der Waals surface area (Å²) in [6.45, 7) is 4.27. The van der Waals surface area contributed by atoms with Gasteiger partial charge >= 0.3 is 0 Å². The highest BCUT2D eigenvalue weighted by atomic mass is 16.5. The zero-order chi connectivity index (χ0) is 13.8. The number of carbonyl (C=O) groups excluding carboxylic acids is 1. The highest BCUT2D eigenvalue weighted by Crippen LogP contribution is 2.21. The van der Waals surface area contributed by atoms with Crippen molar-refractivity contribution in [1.29, 1.82) is 0 Å². The Kier molecular flexibility index (Phi) is 4.56. The van der Waals surface area contributed by atoms with Gasteiger partial charge in [-0.25, -0.2) is 0 Å². The minimum Gasteiger partial charge on any atom is -0.384 e. The highest BCUT2D eigenvalue weighted by Gasteiger charge is 2.29. The van der Waals surface area contributed by atoms with Crippen molar-refractivity contribution in [3.8, 4) is 0 Å². The van der Waals surface area contributed by atoms with Crippen LogP contribution < -0.4 is 5.73 Å². The van der Waals surface area contributed by atoms with E-state index >= 15 is 0 Å². The quantitative estimate of drug-likeness (QED) is 0.894. The van der Waals surface area contributed by atoms with E-state index in [0.717, 1.165) is 25.1 Å². The van der Waals surface area contributed by atoms with Crippen LogP contribution in [0.3, 0.4) is 0 Å². The SMILES string of the molecule is COCC1CCN(C(=O)C(N)c2ccc(C)cc2)C1. The third kappa shape index (κ3) is 3.33. The first-order valence-corrected chi connectivity index (χ1v) is 6.71. The second-order valence-electron chi connectivity index (χ2n) is 5.28. The summed E-state index contributed by atoms with van der Waals surface area (Å²) in [6, 6.07) is 7.28. The first-order valence-electron chi connectivity index (χ1n) is 6.71. The van der Waals surface area contributed by atoms with Crippen molar-refractivity contribution >= 4 is 5.91 Å². The summed E-state index contributed by atoms with van der Waals surface area (Å²) in [5, 5.41) is 0. The molecule has 1 aliphatic rings. The van der Waals surface area contributed by atoms with Crippen LogP contribution in [0.4, 0.5) is 0 Å². The second kappa shape index (κ2) is 6.17. The first kappa shape index (κ1) is 14.0. The standard InChI is InChI=1S/C15H22N2O2/c1-11-3-5-13(6-4-11)14(16)15(18)17-8-7-12(9-17)10-19-2/h3-6,12,14H,7-10,16H2,1-2H3. The Morgan fingerprint density at radius 3 is 2.79 bits per heavy atom. The fraction of sp³-hybridized carbons (Fsp3) is 0.533. The molecule has 4 heteroatoms. The lowest BCUT2D eigenvalue weighted by molar-refractivity contribution is -0.131. The van der Waals surface area contributed by atoms with E-state index < -0.39 is 6.04 Å². The van der Waals surface area contributed by atoms with Crippen LogP contribution in [-0.2, 0) is 9.53 Å². The summed E-state index contributed by atoms with van der Waals surface area (Å²) in [6.07, 6.45) is 1.00. The summed E-state index contributed by atoms with van der Waals surface area (Å²) < 4.78 is 5.14. The molecule has 4 nitrogen and oxygen atoms in total. The predicted molar refractivity (Wildman–Crippen MR) is 74.7 cm³/mol. The maximum Gasteiger partial charge on any atom is 0.244 e. The molecule has 0 radical (unpaired) electrons. The molecule has 0 aliphatic carbocycles. The van der Waals surface area contributed by atoms with Crippen molar-refractivity contribution in [3.63, 3.8) is 0 Å². The van der Waals surface area contributed by atoms with Crippen LogP contribution in [0.5, 0.6) is 0 Å². The monoisotopic (exact) mass is 262 g/mol. The van der Waals surface area contributed by atoms with Gasteiger partial charge in [0.25, 0.3) is 0 Å². The second-order valence-corrected chi connectivity index (χ2v) is 5.28. The number of amides is 1. The van der Waals surface area contributed by atoms with E-state index in [9.17, 15) is 4.79 Å². The minimum atomic E-state index is -0.554. The molecule has 2 unspecified atom stereocenters. The average molecular weight is 262 g/mol. The molecule has 19 heavy (non-hydrogen) atoms. The van der Waals surface area contributed by atoms with Gasteiger partial charge in [0.05, 0.1) is 6.61 Å². The number of hydrogen-bond acceptors (Lipinski definition) is 3. The van der Waals surface area contributed by atoms with Gasteiger partial charge in [-0.15, -0.1) is 0 Å². The van der Waals surface area contributed by atoms with Gasteiger partial charge in [-0.3, -0.25) is 4.79 Å². The van der Waals surface area contributed by atoms with Crippen LogP contribution in [0, 0.1) is 12.8 Å². The smallest absolute Gasteiger partial charge is 0.244 e. The summed E-state index contributed by atoms with van der Waals surface area (Å²) >= 11 is 0. The van der Waals surface area contributed by atoms with Gasteiger partial charge in [-0.1, -0.05) is 29.8 Å². The molecule has 1 saturated heterocycles. The first-order chi connectivity index (χ1) is 9.11. The number of nitrogens with zero attached hydrogens (tertiary/aromatic N) is 1. The number of methoxy groups -OCH3 is 1. The van der Waals surface area contributed by atoms with E-state index in [4.69, 9.17) is 10.5 Å². The largest absolute Gasteiger partial charge is 0.384 e. The molecule has 0 aromatic heterocycles. The van der Waals surface area contributed by atoms with Crippen molar-refractivity contribution in [3.05, 3.63) is 35.4 Å². The van der Waals surface area contributed by atoms with Gasteiger partial charge in [0, 0.05) is 26.1 Å². The number of ether oxygens (including phenoxy) is 1. The van der Waals surface area contributed by atoms with Crippen LogP contribution in [0.2, 0.25) is 0 Å². The molecule has 1 aliphatic heterocycles. The molecule has 2 N–H and O–H groups in total. The summed E-state index contributed by atoms with van der Waals surface area (Å²) in [4.78, 5) is 14.2. The Morgan fingerprint density at radius 1 is 1.47 bits per heavy atom. The third-order valence-corrected chi connectivity index (χ3v) is 3.70. The number of carbonyl (C=O) groups is 1. The van der Waals surface area contributed by atoms with Gasteiger partial charge in [-0.2, -0.15) is 0 Å². The van der Waals surface area contributed by atoms with Crippen molar-refractivity contribution in [2.24, 2.45) is 11.7 Å². The zero-order valence-corrected chi connectivity index (χ0v) is 11.6. The van der Waals surface area contributed by atoms with Crippen LogP contribution >= 0.6 is 0 Å². The number of hydrogen-bond donors (Lipinski definition) is 1. The third-order valence-electron chi connectivity index (χ3n) is 3.70. The van der Waals surface area contributed by atoms with Gasteiger partial charge < -0.3 is 15.4 Å². The maximum absolute atomic E-state index is 12.3. The van der Waals surface area contributed by atoms with E-state index in [1.165, 1.54) is 5.56 Å². The lowest BCUT2D eigenvalue weighted by Gasteiger charge is -2.21. The molecule has 1 aromatic carbocycles. The van der Waals surface area contributed by atoms with Gasteiger partial charge in [0.15, 0.2) is 0 Å². The molecule has 104 valence electrons. The normalized spacial score (nSPS) is 20.6. The Bertz CT molecular complexity index is 430. The zero-order valence-electron chi connectivity index (χ0n) is 11.6. The average Bonchev–Trinajstić information content (AvgIpc) is 2.87. The Morgan fingerprint density at radius 2 is 2.16 bits per heavy atom. The number of rotatable bonds is 4. The fourth-order valence-electron chi connectivity index (χ4n) is 2.52. The molecule has 2 atom stereocenters. The van der Waals surface area contributed by atoms with Crippen LogP contribution in [-0.4, -0.2) is 37.6 Å². The molecule has 2 rings (SSSR count). The summed E-state index contributed by atoms with van der Waals surface area (Å²) in [5.41, 5.74) is 8.12. The number of likely N-dealkylation sites (tertiary alicyclic amines) is 1. The Balaban J connectivity index is 1.98. The lowest BCUT2D eigenvalue weighted by Crippen LogP contribution is -2.37. The molecule has 0 bridgehead atoms. The highest BCUT2D eigenvalue weighted by molar-refractivity contribution is 5.83. The molecule has 1 amide bonds. The number of benzene rings is 1. The number of aryl methyl sites for hydroxylation is 1. The topological polar surface area (TPSA) is 55.6 Å². The predicted octanol–water partition coefficient (Wildman–Crippen LogP) is 1.49. The van der Waals surface area contributed by atoms with E-state index in [-0.39, 0.29) is 5.91 Å². The van der Waals surface area contributed by atoms with Crippen molar-refractivity contribution in [1.82, 2.24) is 4.90 Å². The Hall–Kier alpha value is -1.39. The molecule has 0 saturated carbocycles. The van der Waals surface area contributed by atoms with Crippen LogP contribution in [0.1, 0.15) is 23.6 Å². The summed E-state index contributed by atoms with van der Waals surface area (Å²) in [7, 11) is 1.70. The van der Waals surface area contributed by atoms with Crippen molar-refractivity contribution < 1.29 is 9.53 Å². The molecule has 1 aromatic rings. The van der Waals surface area contributed by atoms with Gasteiger partial charge in [0.1, 0.15) is 6.04 Å². The van der Waals surface area contributed by atoms with Crippen molar-refractivity contribution in [2.75, 3.05) is 26.8 Å². The van der Waals surface area contributed by atoms with Crippen LogP contribution in [0.15, 0.2) is 24.3 Å². The molecular formula is C15H22N2O2. The Labute approximate surface area is 114 Å². The maximum atomic E-state index is 12.3. The van der Waals surface area contributed by atoms with Crippen molar-refractivity contribution in [2.45, 2.75) is 19.4 Å². The van der Waals surface area contributed by atoms with E-state index in [0.29, 0.717) is 12.5 Å². The number of nitrogens with two attached hydrogens (primary N) is 1. The van der Waals surface area contributed by atoms with Gasteiger partial charge in [0.2, 0.25) is 5.91 Å². The molecule has 1 heterocycles. The fourth-order valence-corrected chi connectivity index (χ4v) is 2.52. The molecule has 1 fully saturated rings. The molecule has 0 spiro atoms. The van der Waals surface area contributed by atoms with E-state index in [1.54, 1.807) is 7.11 Å². The lowest BCUT2D eigenvalue weighted by atomic mass is 10.0.